The molecule has 11 heteroatoms. The molecule has 0 N–H and O–H groups in total. The van der Waals surface area contributed by atoms with E-state index in [2.05, 4.69) is 9.72 Å². The van der Waals surface area contributed by atoms with Crippen LogP contribution in [0.25, 0.3) is 0 Å². The molecule has 0 saturated carbocycles. The lowest BCUT2D eigenvalue weighted by Gasteiger charge is -2.13. The summed E-state index contributed by atoms with van der Waals surface area (Å²) in [6, 6.07) is -0.117. The van der Waals surface area contributed by atoms with Crippen molar-refractivity contribution >= 4 is 5.69 Å². The third kappa shape index (κ3) is 3.69. The Morgan fingerprint density at radius 1 is 1.26 bits per heavy atom. The Hall–Kier alpha value is -2.07. The molecule has 0 saturated heterocycles. The monoisotopic (exact) mass is 290 g/mol. The highest BCUT2D eigenvalue weighted by atomic mass is 19.4. The van der Waals surface area contributed by atoms with Gasteiger partial charge in [-0.25, -0.2) is 4.98 Å². The maximum atomic E-state index is 12.3. The van der Waals surface area contributed by atoms with Gasteiger partial charge in [0, 0.05) is 0 Å². The van der Waals surface area contributed by atoms with Crippen molar-refractivity contribution in [1.82, 2.24) is 4.98 Å². The van der Waals surface area contributed by atoms with Crippen molar-refractivity contribution < 1.29 is 36.0 Å². The zero-order valence-corrected chi connectivity index (χ0v) is 8.96. The molecular formula is C8H4F6N2O3. The maximum Gasteiger partial charge on any atom is 0.573 e. The lowest BCUT2D eigenvalue weighted by atomic mass is 10.2. The van der Waals surface area contributed by atoms with E-state index in [1.54, 1.807) is 0 Å². The van der Waals surface area contributed by atoms with Gasteiger partial charge in [-0.2, -0.15) is 13.2 Å². The second-order valence-electron chi connectivity index (χ2n) is 3.24. The number of aryl methyl sites for hydroxylation is 1. The molecule has 0 bridgehead atoms. The molecule has 0 radical (unpaired) electrons. The molecule has 19 heavy (non-hydrogen) atoms. The van der Waals surface area contributed by atoms with Gasteiger partial charge in [-0.1, -0.05) is 0 Å². The largest absolute Gasteiger partial charge is 0.573 e. The summed E-state index contributed by atoms with van der Waals surface area (Å²) >= 11 is 0. The highest BCUT2D eigenvalue weighted by molar-refractivity contribution is 5.50. The van der Waals surface area contributed by atoms with Gasteiger partial charge in [-0.15, -0.1) is 13.2 Å². The number of aromatic nitrogens is 1. The molecule has 0 spiro atoms. The third-order valence-electron chi connectivity index (χ3n) is 1.83. The number of nitro groups is 1. The average molecular weight is 290 g/mol. The van der Waals surface area contributed by atoms with Gasteiger partial charge in [-0.3, -0.25) is 10.1 Å². The van der Waals surface area contributed by atoms with E-state index < -0.39 is 40.3 Å². The Bertz CT molecular complexity index is 510. The first-order valence-electron chi connectivity index (χ1n) is 4.41. The highest BCUT2D eigenvalue weighted by Gasteiger charge is 2.40. The van der Waals surface area contributed by atoms with Gasteiger partial charge >= 0.3 is 18.2 Å². The van der Waals surface area contributed by atoms with Gasteiger partial charge in [0.15, 0.2) is 5.69 Å². The highest BCUT2D eigenvalue weighted by Crippen LogP contribution is 2.38. The molecule has 0 aliphatic rings. The second kappa shape index (κ2) is 4.55. The minimum absolute atomic E-state index is 0.117. The Morgan fingerprint density at radius 2 is 1.79 bits per heavy atom. The van der Waals surface area contributed by atoms with Crippen LogP contribution >= 0.6 is 0 Å². The van der Waals surface area contributed by atoms with Crippen LogP contribution in [0.4, 0.5) is 32.0 Å². The zero-order valence-electron chi connectivity index (χ0n) is 8.96. The van der Waals surface area contributed by atoms with Gasteiger partial charge in [0.2, 0.25) is 5.75 Å². The van der Waals surface area contributed by atoms with Crippen molar-refractivity contribution in [3.63, 3.8) is 0 Å². The van der Waals surface area contributed by atoms with Crippen LogP contribution in [0.5, 0.6) is 5.75 Å². The summed E-state index contributed by atoms with van der Waals surface area (Å²) in [6.07, 6.45) is -10.3. The van der Waals surface area contributed by atoms with Crippen LogP contribution in [-0.4, -0.2) is 16.3 Å². The van der Waals surface area contributed by atoms with Crippen molar-refractivity contribution in [2.45, 2.75) is 19.5 Å². The topological polar surface area (TPSA) is 65.3 Å². The normalized spacial score (nSPS) is 12.4. The predicted molar refractivity (Wildman–Crippen MR) is 47.3 cm³/mol. The van der Waals surface area contributed by atoms with Crippen molar-refractivity contribution in [3.8, 4) is 5.75 Å². The van der Waals surface area contributed by atoms with E-state index in [1.807, 2.05) is 0 Å². The molecule has 106 valence electrons. The summed E-state index contributed by atoms with van der Waals surface area (Å²) in [5.41, 5.74) is -4.03. The Morgan fingerprint density at radius 3 is 2.16 bits per heavy atom. The molecule has 1 rings (SSSR count). The summed E-state index contributed by atoms with van der Waals surface area (Å²) in [7, 11) is 0. The number of alkyl halides is 6. The van der Waals surface area contributed by atoms with Crippen LogP contribution in [0, 0.1) is 17.0 Å². The van der Waals surface area contributed by atoms with E-state index in [0.29, 0.717) is 0 Å². The lowest BCUT2D eigenvalue weighted by molar-refractivity contribution is -0.389. The standard InChI is InChI=1S/C8H4F6N2O3/c1-3-6(19-8(12,13)14)4(16(17)18)2-5(15-3)7(9,10)11/h2H,1H3. The Kier molecular flexibility index (Phi) is 3.59. The number of nitrogens with zero attached hydrogens (tertiary/aromatic N) is 2. The van der Waals surface area contributed by atoms with Crippen molar-refractivity contribution in [2.24, 2.45) is 0 Å². The number of hydrogen-bond donors (Lipinski definition) is 0. The van der Waals surface area contributed by atoms with Gasteiger partial charge in [0.25, 0.3) is 0 Å². The summed E-state index contributed by atoms with van der Waals surface area (Å²) in [5.74, 6) is -1.37. The van der Waals surface area contributed by atoms with Gasteiger partial charge in [0.05, 0.1) is 16.7 Å². The number of pyridine rings is 1. The molecule has 0 amide bonds. The first kappa shape index (κ1) is 15.0. The maximum absolute atomic E-state index is 12.3. The van der Waals surface area contributed by atoms with Crippen LogP contribution in [0.2, 0.25) is 0 Å². The van der Waals surface area contributed by atoms with Crippen molar-refractivity contribution in [2.75, 3.05) is 0 Å². The minimum atomic E-state index is -5.28. The van der Waals surface area contributed by atoms with Gasteiger partial charge in [-0.05, 0) is 6.92 Å². The number of halogens is 6. The SMILES string of the molecule is Cc1nc(C(F)(F)F)cc([N+](=O)[O-])c1OC(F)(F)F. The van der Waals surface area contributed by atoms with Crippen molar-refractivity contribution in [3.05, 3.63) is 27.6 Å². The van der Waals surface area contributed by atoms with Crippen LogP contribution < -0.4 is 4.74 Å². The zero-order chi connectivity index (χ0) is 15.0. The van der Waals surface area contributed by atoms with E-state index in [-0.39, 0.29) is 6.07 Å². The Labute approximate surface area is 101 Å². The number of rotatable bonds is 2. The van der Waals surface area contributed by atoms with Crippen LogP contribution in [0.15, 0.2) is 6.07 Å². The molecular weight excluding hydrogens is 286 g/mol. The molecule has 0 aromatic carbocycles. The molecule has 1 heterocycles. The first-order chi connectivity index (χ1) is 8.42. The molecule has 1 aromatic rings. The summed E-state index contributed by atoms with van der Waals surface area (Å²) in [5, 5.41) is 10.5. The molecule has 0 aliphatic heterocycles. The van der Waals surface area contributed by atoms with Crippen LogP contribution in [0.1, 0.15) is 11.4 Å². The molecule has 0 unspecified atom stereocenters. The first-order valence-corrected chi connectivity index (χ1v) is 4.41. The van der Waals surface area contributed by atoms with Gasteiger partial charge in [0.1, 0.15) is 0 Å². The van der Waals surface area contributed by atoms with Gasteiger partial charge < -0.3 is 4.74 Å². The minimum Gasteiger partial charge on any atom is -0.396 e. The van der Waals surface area contributed by atoms with E-state index in [1.165, 1.54) is 0 Å². The third-order valence-corrected chi connectivity index (χ3v) is 1.83. The van der Waals surface area contributed by atoms with Crippen molar-refractivity contribution in [1.29, 1.82) is 0 Å². The van der Waals surface area contributed by atoms with E-state index in [9.17, 15) is 36.5 Å². The quantitative estimate of drug-likeness (QED) is 0.476. The Balaban J connectivity index is 3.44. The summed E-state index contributed by atoms with van der Waals surface area (Å²) < 4.78 is 76.3. The molecule has 0 aliphatic carbocycles. The number of hydrogen-bond acceptors (Lipinski definition) is 4. The smallest absolute Gasteiger partial charge is 0.396 e. The fourth-order valence-electron chi connectivity index (χ4n) is 1.17. The molecule has 1 aromatic heterocycles. The summed E-state index contributed by atoms with van der Waals surface area (Å²) in [6.45, 7) is 0.739. The average Bonchev–Trinajstić information content (AvgIpc) is 2.16. The number of ether oxygens (including phenoxy) is 1. The fraction of sp³-hybridized carbons (Fsp3) is 0.375. The van der Waals surface area contributed by atoms with E-state index >= 15 is 0 Å². The van der Waals surface area contributed by atoms with Crippen LogP contribution in [-0.2, 0) is 6.18 Å². The molecule has 0 fully saturated rings. The predicted octanol–water partition coefficient (Wildman–Crippen LogP) is 3.22. The fourth-order valence-corrected chi connectivity index (χ4v) is 1.17. The lowest BCUT2D eigenvalue weighted by Crippen LogP contribution is -2.20. The van der Waals surface area contributed by atoms with E-state index in [4.69, 9.17) is 0 Å². The molecule has 0 atom stereocenters. The second-order valence-corrected chi connectivity index (χ2v) is 3.24. The van der Waals surface area contributed by atoms with Crippen LogP contribution in [0.3, 0.4) is 0 Å². The molecule has 5 nitrogen and oxygen atoms in total. The summed E-state index contributed by atoms with van der Waals surface area (Å²) in [4.78, 5) is 11.9. The van der Waals surface area contributed by atoms with E-state index in [0.717, 1.165) is 6.92 Å².